The Kier molecular flexibility index (Phi) is 5.36. The molecule has 1 aromatic carbocycles. The van der Waals surface area contributed by atoms with E-state index in [4.69, 9.17) is 9.84 Å². The van der Waals surface area contributed by atoms with Gasteiger partial charge in [0.05, 0.1) is 0 Å². The Hall–Kier alpha value is -2.04. The molecule has 0 saturated carbocycles. The Morgan fingerprint density at radius 2 is 2.00 bits per heavy atom. The maximum Gasteiger partial charge on any atom is 0.325 e. The van der Waals surface area contributed by atoms with Crippen LogP contribution in [-0.4, -0.2) is 29.6 Å². The number of nitrogens with one attached hydrogen (secondary N) is 1. The lowest BCUT2D eigenvalue weighted by molar-refractivity contribution is -0.141. The summed E-state index contributed by atoms with van der Waals surface area (Å²) in [6.07, 6.45) is 0. The van der Waals surface area contributed by atoms with Crippen molar-refractivity contribution in [2.45, 2.75) is 32.7 Å². The minimum Gasteiger partial charge on any atom is -0.484 e. The van der Waals surface area contributed by atoms with Gasteiger partial charge in [-0.05, 0) is 30.5 Å². The van der Waals surface area contributed by atoms with E-state index < -0.39 is 17.9 Å². The number of hydrogen-bond acceptors (Lipinski definition) is 3. The van der Waals surface area contributed by atoms with Crippen molar-refractivity contribution in [3.8, 4) is 5.75 Å². The molecule has 1 aromatic rings. The zero-order valence-corrected chi connectivity index (χ0v) is 11.3. The number of benzene rings is 1. The van der Waals surface area contributed by atoms with Crippen molar-refractivity contribution in [2.24, 2.45) is 0 Å². The standard InChI is InChI=1S/C14H19NO4/c1-9(2)11-5-4-6-12(7-11)19-8-13(16)15-10(3)14(17)18/h4-7,9-10H,8H2,1-3H3,(H,15,16)(H,17,18)/t10-/m0/s1. The molecule has 0 spiro atoms. The predicted octanol–water partition coefficient (Wildman–Crippen LogP) is 1.78. The molecular formula is C14H19NO4. The zero-order valence-electron chi connectivity index (χ0n) is 11.3. The summed E-state index contributed by atoms with van der Waals surface area (Å²) in [4.78, 5) is 22.0. The maximum absolute atomic E-state index is 11.5. The van der Waals surface area contributed by atoms with Crippen LogP contribution in [0.5, 0.6) is 5.75 Å². The summed E-state index contributed by atoms with van der Waals surface area (Å²) in [7, 11) is 0. The molecule has 104 valence electrons. The first kappa shape index (κ1) is 15.0. The lowest BCUT2D eigenvalue weighted by Gasteiger charge is -2.11. The van der Waals surface area contributed by atoms with Gasteiger partial charge < -0.3 is 15.2 Å². The smallest absolute Gasteiger partial charge is 0.325 e. The van der Waals surface area contributed by atoms with E-state index in [0.29, 0.717) is 11.7 Å². The Morgan fingerprint density at radius 1 is 1.32 bits per heavy atom. The minimum absolute atomic E-state index is 0.195. The van der Waals surface area contributed by atoms with E-state index in [0.717, 1.165) is 5.56 Å². The highest BCUT2D eigenvalue weighted by atomic mass is 16.5. The number of carboxylic acid groups (broad SMARTS) is 1. The molecule has 1 rings (SSSR count). The van der Waals surface area contributed by atoms with Gasteiger partial charge in [0.15, 0.2) is 6.61 Å². The summed E-state index contributed by atoms with van der Waals surface area (Å²) >= 11 is 0. The van der Waals surface area contributed by atoms with E-state index in [1.165, 1.54) is 6.92 Å². The van der Waals surface area contributed by atoms with E-state index in [2.05, 4.69) is 19.2 Å². The molecule has 0 heterocycles. The Bertz CT molecular complexity index is 457. The molecule has 0 aromatic heterocycles. The van der Waals surface area contributed by atoms with Crippen molar-refractivity contribution in [1.29, 1.82) is 0 Å². The first-order chi connectivity index (χ1) is 8.90. The minimum atomic E-state index is -1.07. The summed E-state index contributed by atoms with van der Waals surface area (Å²) in [6.45, 7) is 5.35. The third-order valence-electron chi connectivity index (χ3n) is 2.64. The summed E-state index contributed by atoms with van der Waals surface area (Å²) < 4.78 is 5.33. The van der Waals surface area contributed by atoms with Gasteiger partial charge in [-0.2, -0.15) is 0 Å². The topological polar surface area (TPSA) is 75.6 Å². The van der Waals surface area contributed by atoms with Crippen LogP contribution < -0.4 is 10.1 Å². The van der Waals surface area contributed by atoms with Gasteiger partial charge in [-0.3, -0.25) is 9.59 Å². The Labute approximate surface area is 112 Å². The van der Waals surface area contributed by atoms with E-state index in [-0.39, 0.29) is 6.61 Å². The molecule has 1 atom stereocenters. The first-order valence-corrected chi connectivity index (χ1v) is 6.15. The number of aliphatic carboxylic acids is 1. The third kappa shape index (κ3) is 4.99. The Morgan fingerprint density at radius 3 is 2.58 bits per heavy atom. The number of ether oxygens (including phenoxy) is 1. The first-order valence-electron chi connectivity index (χ1n) is 6.15. The molecule has 0 bridgehead atoms. The van der Waals surface area contributed by atoms with Crippen molar-refractivity contribution in [3.63, 3.8) is 0 Å². The summed E-state index contributed by atoms with van der Waals surface area (Å²) in [5, 5.41) is 11.0. The molecule has 2 N–H and O–H groups in total. The highest BCUT2D eigenvalue weighted by Gasteiger charge is 2.14. The van der Waals surface area contributed by atoms with Gasteiger partial charge in [-0.15, -0.1) is 0 Å². The van der Waals surface area contributed by atoms with E-state index in [9.17, 15) is 9.59 Å². The van der Waals surface area contributed by atoms with E-state index >= 15 is 0 Å². The van der Waals surface area contributed by atoms with Crippen LogP contribution in [-0.2, 0) is 9.59 Å². The van der Waals surface area contributed by atoms with E-state index in [1.54, 1.807) is 6.07 Å². The quantitative estimate of drug-likeness (QED) is 0.822. The number of amides is 1. The van der Waals surface area contributed by atoms with Crippen molar-refractivity contribution in [1.82, 2.24) is 5.32 Å². The van der Waals surface area contributed by atoms with Gasteiger partial charge in [0.1, 0.15) is 11.8 Å². The highest BCUT2D eigenvalue weighted by molar-refractivity contribution is 5.84. The van der Waals surface area contributed by atoms with Gasteiger partial charge >= 0.3 is 5.97 Å². The number of rotatable bonds is 6. The van der Waals surface area contributed by atoms with Gasteiger partial charge in [-0.1, -0.05) is 26.0 Å². The van der Waals surface area contributed by atoms with Crippen molar-refractivity contribution >= 4 is 11.9 Å². The second kappa shape index (κ2) is 6.78. The fourth-order valence-electron chi connectivity index (χ4n) is 1.46. The van der Waals surface area contributed by atoms with Crippen LogP contribution in [0.1, 0.15) is 32.3 Å². The zero-order chi connectivity index (χ0) is 14.4. The van der Waals surface area contributed by atoms with Crippen LogP contribution in [0.15, 0.2) is 24.3 Å². The normalized spacial score (nSPS) is 12.0. The molecule has 5 nitrogen and oxygen atoms in total. The summed E-state index contributed by atoms with van der Waals surface area (Å²) in [5.74, 6) is -0.547. The van der Waals surface area contributed by atoms with Crippen molar-refractivity contribution in [2.75, 3.05) is 6.61 Å². The van der Waals surface area contributed by atoms with E-state index in [1.807, 2.05) is 18.2 Å². The van der Waals surface area contributed by atoms with Crippen molar-refractivity contribution in [3.05, 3.63) is 29.8 Å². The number of carboxylic acids is 1. The fourth-order valence-corrected chi connectivity index (χ4v) is 1.46. The number of carbonyl (C=O) groups excluding carboxylic acids is 1. The largest absolute Gasteiger partial charge is 0.484 e. The average molecular weight is 265 g/mol. The van der Waals surface area contributed by atoms with Crippen LogP contribution in [0.3, 0.4) is 0 Å². The lowest BCUT2D eigenvalue weighted by atomic mass is 10.0. The Balaban J connectivity index is 2.50. The fraction of sp³-hybridized carbons (Fsp3) is 0.429. The molecule has 0 aliphatic heterocycles. The van der Waals surface area contributed by atoms with Crippen LogP contribution >= 0.6 is 0 Å². The molecule has 0 saturated heterocycles. The molecule has 0 aliphatic carbocycles. The third-order valence-corrected chi connectivity index (χ3v) is 2.64. The molecule has 0 radical (unpaired) electrons. The van der Waals surface area contributed by atoms with Crippen LogP contribution in [0.2, 0.25) is 0 Å². The molecule has 5 heteroatoms. The van der Waals surface area contributed by atoms with Gasteiger partial charge in [-0.25, -0.2) is 0 Å². The van der Waals surface area contributed by atoms with Gasteiger partial charge in [0.25, 0.3) is 5.91 Å². The second-order valence-corrected chi connectivity index (χ2v) is 4.64. The van der Waals surface area contributed by atoms with Crippen LogP contribution in [0.25, 0.3) is 0 Å². The molecule has 0 unspecified atom stereocenters. The average Bonchev–Trinajstić information content (AvgIpc) is 2.36. The molecular weight excluding hydrogens is 246 g/mol. The second-order valence-electron chi connectivity index (χ2n) is 4.64. The monoisotopic (exact) mass is 265 g/mol. The summed E-state index contributed by atoms with van der Waals surface area (Å²) in [5.41, 5.74) is 1.12. The molecule has 1 amide bonds. The van der Waals surface area contributed by atoms with Gasteiger partial charge in [0.2, 0.25) is 0 Å². The predicted molar refractivity (Wildman–Crippen MR) is 71.3 cm³/mol. The van der Waals surface area contributed by atoms with Crippen LogP contribution in [0, 0.1) is 0 Å². The van der Waals surface area contributed by atoms with Gasteiger partial charge in [0, 0.05) is 0 Å². The summed E-state index contributed by atoms with van der Waals surface area (Å²) in [6, 6.07) is 6.57. The van der Waals surface area contributed by atoms with Crippen LogP contribution in [0.4, 0.5) is 0 Å². The van der Waals surface area contributed by atoms with Crippen molar-refractivity contribution < 1.29 is 19.4 Å². The maximum atomic E-state index is 11.5. The number of hydrogen-bond donors (Lipinski definition) is 2. The lowest BCUT2D eigenvalue weighted by Crippen LogP contribution is -2.40. The SMILES string of the molecule is CC(C)c1cccc(OCC(=O)N[C@@H](C)C(=O)O)c1. The number of carbonyl (C=O) groups is 2. The highest BCUT2D eigenvalue weighted by Crippen LogP contribution is 2.19. The molecule has 0 aliphatic rings. The molecule has 0 fully saturated rings. The molecule has 19 heavy (non-hydrogen) atoms.